The Balaban J connectivity index is 1.10. The molecule has 278 valence electrons. The third kappa shape index (κ3) is 7.58. The standard InChI is InChI=1S/C58H41N/c1-3-10-42(11-4-1)45-18-22-47(23-19-45)49-28-34-56(35-29-49)59(57-36-30-50(31-37-57)48-24-20-46(21-25-48)43-12-5-2-6-13-43)58-38-32-51(33-39-58)53-16-9-17-54(40-53)55-27-26-44-14-7-8-15-52(44)41-55/h1-41H/i28D,29D,30D,31D,34D,35D,36D,37D. The van der Waals surface area contributed by atoms with Crippen LogP contribution in [-0.4, -0.2) is 0 Å². The first-order valence-corrected chi connectivity index (χ1v) is 19.6. The van der Waals surface area contributed by atoms with Crippen molar-refractivity contribution in [3.63, 3.8) is 0 Å². The highest BCUT2D eigenvalue weighted by Gasteiger charge is 2.14. The van der Waals surface area contributed by atoms with Crippen LogP contribution in [0.4, 0.5) is 17.1 Å². The summed E-state index contributed by atoms with van der Waals surface area (Å²) in [5.74, 6) is 0. The highest BCUT2D eigenvalue weighted by atomic mass is 15.1. The maximum absolute atomic E-state index is 9.53. The highest BCUT2D eigenvalue weighted by Crippen LogP contribution is 2.39. The first kappa shape index (κ1) is 27.8. The normalized spacial score (nSPS) is 12.9. The molecule has 0 atom stereocenters. The lowest BCUT2D eigenvalue weighted by Crippen LogP contribution is -2.09. The van der Waals surface area contributed by atoms with Gasteiger partial charge in [0.1, 0.15) is 0 Å². The number of hydrogen-bond donors (Lipinski definition) is 0. The van der Waals surface area contributed by atoms with Crippen molar-refractivity contribution in [1.82, 2.24) is 0 Å². The maximum Gasteiger partial charge on any atom is 0.0645 e. The topological polar surface area (TPSA) is 3.24 Å². The summed E-state index contributed by atoms with van der Waals surface area (Å²) in [6.07, 6.45) is 0. The Kier molecular flexibility index (Phi) is 7.54. The Morgan fingerprint density at radius 1 is 0.220 bits per heavy atom. The van der Waals surface area contributed by atoms with Gasteiger partial charge in [-0.15, -0.1) is 0 Å². The molecule has 10 aromatic rings. The average molecular weight is 760 g/mol. The van der Waals surface area contributed by atoms with E-state index in [9.17, 15) is 11.0 Å². The Morgan fingerprint density at radius 2 is 0.559 bits per heavy atom. The smallest absolute Gasteiger partial charge is 0.0645 e. The summed E-state index contributed by atoms with van der Waals surface area (Å²) in [4.78, 5) is 1.35. The van der Waals surface area contributed by atoms with Gasteiger partial charge in [-0.3, -0.25) is 0 Å². The number of nitrogens with zero attached hydrogens (tertiary/aromatic N) is 1. The van der Waals surface area contributed by atoms with Gasteiger partial charge < -0.3 is 4.90 Å². The summed E-state index contributed by atoms with van der Waals surface area (Å²) in [5.41, 5.74) is 8.89. The van der Waals surface area contributed by atoms with Gasteiger partial charge in [0.25, 0.3) is 0 Å². The predicted octanol–water partition coefficient (Wildman–Crippen LogP) is 16.3. The molecule has 0 spiro atoms. The van der Waals surface area contributed by atoms with Gasteiger partial charge in [0, 0.05) is 17.1 Å². The van der Waals surface area contributed by atoms with E-state index in [1.807, 2.05) is 121 Å². The molecule has 0 aromatic heterocycles. The van der Waals surface area contributed by atoms with E-state index < -0.39 is 24.2 Å². The number of rotatable bonds is 9. The first-order chi connectivity index (χ1) is 32.6. The van der Waals surface area contributed by atoms with Crippen LogP contribution in [0.3, 0.4) is 0 Å². The Bertz CT molecular complexity index is 3260. The van der Waals surface area contributed by atoms with Crippen LogP contribution in [0.5, 0.6) is 0 Å². The Morgan fingerprint density at radius 3 is 1.07 bits per heavy atom. The van der Waals surface area contributed by atoms with Gasteiger partial charge in [0.15, 0.2) is 0 Å². The van der Waals surface area contributed by atoms with Crippen LogP contribution >= 0.6 is 0 Å². The van der Waals surface area contributed by atoms with E-state index in [1.165, 1.54) is 4.90 Å². The van der Waals surface area contributed by atoms with Crippen LogP contribution in [0.15, 0.2) is 249 Å². The third-order valence-electron chi connectivity index (χ3n) is 10.6. The molecule has 0 unspecified atom stereocenters. The Labute approximate surface area is 358 Å². The molecule has 0 saturated heterocycles. The monoisotopic (exact) mass is 759 g/mol. The summed E-state index contributed by atoms with van der Waals surface area (Å²) in [5, 5.41) is 2.30. The van der Waals surface area contributed by atoms with Crippen LogP contribution in [0.2, 0.25) is 0 Å². The molecule has 0 N–H and O–H groups in total. The molecule has 0 aliphatic rings. The summed E-state index contributed by atoms with van der Waals surface area (Å²) in [7, 11) is 0. The molecule has 0 radical (unpaired) electrons. The fourth-order valence-electron chi connectivity index (χ4n) is 7.46. The minimum absolute atomic E-state index is 0.105. The third-order valence-corrected chi connectivity index (χ3v) is 10.6. The van der Waals surface area contributed by atoms with E-state index >= 15 is 0 Å². The maximum atomic E-state index is 9.53. The van der Waals surface area contributed by atoms with Gasteiger partial charge in [-0.1, -0.05) is 200 Å². The zero-order valence-corrected chi connectivity index (χ0v) is 32.0. The molecule has 0 saturated carbocycles. The highest BCUT2D eigenvalue weighted by molar-refractivity contribution is 5.88. The summed E-state index contributed by atoms with van der Waals surface area (Å²) in [6, 6.07) is 61.6. The SMILES string of the molecule is [2H]c1c([2H])c(N(c2ccc(-c3cccc(-c4ccc5ccccc5c4)c3)cc2)c2c([2H])c([2H])c(-c3ccc(-c4ccccc4)cc3)c([2H])c2[2H])c([2H])c([2H])c1-c1ccc(-c2ccccc2)cc1. The first-order valence-electron chi connectivity index (χ1n) is 23.6. The molecular formula is C58H41N. The summed E-state index contributed by atoms with van der Waals surface area (Å²) < 4.78 is 75.6. The number of benzene rings is 10. The van der Waals surface area contributed by atoms with E-state index in [2.05, 4.69) is 42.5 Å². The van der Waals surface area contributed by atoms with Gasteiger partial charge in [-0.05, 0) is 126 Å². The van der Waals surface area contributed by atoms with Crippen molar-refractivity contribution < 1.29 is 11.0 Å². The average Bonchev–Trinajstić information content (AvgIpc) is 3.38. The van der Waals surface area contributed by atoms with Crippen molar-refractivity contribution in [2.75, 3.05) is 4.90 Å². The number of anilines is 3. The second-order valence-electron chi connectivity index (χ2n) is 14.4. The molecule has 10 rings (SSSR count). The van der Waals surface area contributed by atoms with Crippen LogP contribution in [0.1, 0.15) is 11.0 Å². The Hall–Kier alpha value is -7.74. The van der Waals surface area contributed by atoms with E-state index in [4.69, 9.17) is 0 Å². The van der Waals surface area contributed by atoms with Crippen molar-refractivity contribution in [1.29, 1.82) is 0 Å². The molecule has 0 aliphatic heterocycles. The minimum atomic E-state index is -0.396. The lowest BCUT2D eigenvalue weighted by atomic mass is 9.97. The van der Waals surface area contributed by atoms with Crippen LogP contribution < -0.4 is 4.90 Å². The zero-order valence-electron chi connectivity index (χ0n) is 40.0. The molecule has 1 nitrogen and oxygen atoms in total. The minimum Gasteiger partial charge on any atom is -0.311 e. The number of fused-ring (bicyclic) bond motifs is 1. The largest absolute Gasteiger partial charge is 0.311 e. The predicted molar refractivity (Wildman–Crippen MR) is 251 cm³/mol. The molecule has 1 heteroatoms. The van der Waals surface area contributed by atoms with Crippen molar-refractivity contribution in [2.24, 2.45) is 0 Å². The van der Waals surface area contributed by atoms with E-state index in [1.54, 1.807) is 36.4 Å². The van der Waals surface area contributed by atoms with Crippen molar-refractivity contribution >= 4 is 27.8 Å². The van der Waals surface area contributed by atoms with E-state index in [-0.39, 0.29) is 46.7 Å². The molecular weight excluding hydrogens is 711 g/mol. The van der Waals surface area contributed by atoms with Crippen LogP contribution in [-0.2, 0) is 0 Å². The molecule has 59 heavy (non-hydrogen) atoms. The summed E-state index contributed by atoms with van der Waals surface area (Å²) in [6.45, 7) is 0. The number of hydrogen-bond acceptors (Lipinski definition) is 1. The molecule has 0 amide bonds. The van der Waals surface area contributed by atoms with E-state index in [0.29, 0.717) is 16.8 Å². The fraction of sp³-hybridized carbons (Fsp3) is 0. The van der Waals surface area contributed by atoms with E-state index in [0.717, 1.165) is 55.3 Å². The fourth-order valence-corrected chi connectivity index (χ4v) is 7.46. The van der Waals surface area contributed by atoms with Gasteiger partial charge in [-0.2, -0.15) is 0 Å². The van der Waals surface area contributed by atoms with Gasteiger partial charge >= 0.3 is 0 Å². The van der Waals surface area contributed by atoms with Crippen molar-refractivity contribution in [3.8, 4) is 66.8 Å². The molecule has 10 aromatic carbocycles. The molecule has 0 aliphatic carbocycles. The van der Waals surface area contributed by atoms with Gasteiger partial charge in [0.2, 0.25) is 0 Å². The quantitative estimate of drug-likeness (QED) is 0.142. The second-order valence-corrected chi connectivity index (χ2v) is 14.4. The van der Waals surface area contributed by atoms with Crippen LogP contribution in [0.25, 0.3) is 77.5 Å². The molecule has 0 heterocycles. The van der Waals surface area contributed by atoms with Gasteiger partial charge in [0.05, 0.1) is 11.0 Å². The summed E-state index contributed by atoms with van der Waals surface area (Å²) >= 11 is 0. The van der Waals surface area contributed by atoms with Crippen molar-refractivity contribution in [2.45, 2.75) is 0 Å². The van der Waals surface area contributed by atoms with Crippen molar-refractivity contribution in [3.05, 3.63) is 249 Å². The lowest BCUT2D eigenvalue weighted by molar-refractivity contribution is 1.28. The second kappa shape index (κ2) is 16.0. The van der Waals surface area contributed by atoms with Gasteiger partial charge in [-0.25, -0.2) is 0 Å². The lowest BCUT2D eigenvalue weighted by Gasteiger charge is -2.26. The molecule has 0 bridgehead atoms. The zero-order chi connectivity index (χ0) is 46.3. The molecule has 0 fully saturated rings. The van der Waals surface area contributed by atoms with Crippen LogP contribution in [0, 0.1) is 0 Å².